The van der Waals surface area contributed by atoms with Gasteiger partial charge in [-0.1, -0.05) is 36.4 Å². The first-order chi connectivity index (χ1) is 13.6. The molecule has 2 aromatic carbocycles. The minimum Gasteiger partial charge on any atom is -0.322 e. The highest BCUT2D eigenvalue weighted by atomic mass is 16.1. The third-order valence-electron chi connectivity index (χ3n) is 4.50. The van der Waals surface area contributed by atoms with Gasteiger partial charge in [0.1, 0.15) is 6.33 Å². The molecule has 0 atom stereocenters. The number of hydrogen-bond acceptors (Lipinski definition) is 5. The van der Waals surface area contributed by atoms with Gasteiger partial charge < -0.3 is 5.32 Å². The molecule has 0 aliphatic rings. The van der Waals surface area contributed by atoms with Gasteiger partial charge in [0, 0.05) is 11.4 Å². The van der Waals surface area contributed by atoms with Gasteiger partial charge in [-0.3, -0.25) is 9.48 Å². The van der Waals surface area contributed by atoms with Gasteiger partial charge in [0.2, 0.25) is 0 Å². The van der Waals surface area contributed by atoms with Gasteiger partial charge in [-0.2, -0.15) is 5.10 Å². The maximum atomic E-state index is 12.9. The third kappa shape index (κ3) is 3.52. The minimum absolute atomic E-state index is 0.192. The van der Waals surface area contributed by atoms with E-state index in [1.165, 1.54) is 11.0 Å². The number of nitrogens with zero attached hydrogens (tertiary/aromatic N) is 6. The van der Waals surface area contributed by atoms with Crippen LogP contribution in [0.1, 0.15) is 27.3 Å². The van der Waals surface area contributed by atoms with Crippen LogP contribution in [0.25, 0.3) is 5.69 Å². The number of hydrogen-bond donors (Lipinski definition) is 1. The lowest BCUT2D eigenvalue weighted by atomic mass is 10.1. The van der Waals surface area contributed by atoms with Crippen LogP contribution in [0.3, 0.4) is 0 Å². The topological polar surface area (TPSA) is 90.5 Å². The number of aromatic nitrogens is 6. The Kier molecular flexibility index (Phi) is 4.67. The number of rotatable bonds is 5. The molecule has 1 N–H and O–H groups in total. The number of tetrazole rings is 1. The molecule has 0 aliphatic carbocycles. The van der Waals surface area contributed by atoms with Crippen molar-refractivity contribution in [1.82, 2.24) is 30.0 Å². The van der Waals surface area contributed by atoms with Gasteiger partial charge in [-0.05, 0) is 48.0 Å². The molecule has 0 saturated carbocycles. The van der Waals surface area contributed by atoms with Crippen LogP contribution in [0, 0.1) is 13.8 Å². The van der Waals surface area contributed by atoms with E-state index in [0.29, 0.717) is 23.5 Å². The molecular formula is C20H19N7O. The minimum atomic E-state index is -0.192. The van der Waals surface area contributed by atoms with Gasteiger partial charge >= 0.3 is 0 Å². The summed E-state index contributed by atoms with van der Waals surface area (Å²) in [6.07, 6.45) is 1.50. The van der Waals surface area contributed by atoms with Crippen molar-refractivity contribution in [3.05, 3.63) is 83.4 Å². The Labute approximate surface area is 161 Å². The number of carbonyl (C=O) groups is 1. The number of carbonyl (C=O) groups excluding carboxylic acids is 1. The van der Waals surface area contributed by atoms with Crippen molar-refractivity contribution >= 4 is 11.6 Å². The molecule has 1 amide bonds. The maximum Gasteiger partial charge on any atom is 0.259 e. The molecular weight excluding hydrogens is 354 g/mol. The monoisotopic (exact) mass is 373 g/mol. The summed E-state index contributed by atoms with van der Waals surface area (Å²) in [5.74, 6) is -0.192. The van der Waals surface area contributed by atoms with E-state index >= 15 is 0 Å². The van der Waals surface area contributed by atoms with Crippen molar-refractivity contribution < 1.29 is 4.79 Å². The van der Waals surface area contributed by atoms with E-state index in [0.717, 1.165) is 16.9 Å². The number of anilines is 1. The molecule has 0 aliphatic heterocycles. The van der Waals surface area contributed by atoms with Crippen molar-refractivity contribution in [2.45, 2.75) is 20.4 Å². The van der Waals surface area contributed by atoms with Crippen molar-refractivity contribution in [1.29, 1.82) is 0 Å². The molecule has 28 heavy (non-hydrogen) atoms. The van der Waals surface area contributed by atoms with Gasteiger partial charge in [-0.25, -0.2) is 4.68 Å². The van der Waals surface area contributed by atoms with Crippen molar-refractivity contribution in [3.63, 3.8) is 0 Å². The summed E-state index contributed by atoms with van der Waals surface area (Å²) >= 11 is 0. The fourth-order valence-electron chi connectivity index (χ4n) is 3.14. The summed E-state index contributed by atoms with van der Waals surface area (Å²) in [6.45, 7) is 4.38. The lowest BCUT2D eigenvalue weighted by Gasteiger charge is -2.08. The van der Waals surface area contributed by atoms with Crippen LogP contribution in [0.2, 0.25) is 0 Å². The average Bonchev–Trinajstić information content (AvgIpc) is 3.32. The van der Waals surface area contributed by atoms with Crippen LogP contribution in [-0.2, 0) is 6.54 Å². The molecule has 0 bridgehead atoms. The molecule has 0 saturated heterocycles. The standard InChI is InChI=1S/C20H19N7O/c1-14-19(15(2)26(23-14)12-16-7-4-3-5-8-16)20(28)22-17-9-6-10-18(11-17)27-13-21-24-25-27/h3-11,13H,12H2,1-2H3,(H,22,28). The Balaban J connectivity index is 1.56. The Morgan fingerprint density at radius 2 is 1.89 bits per heavy atom. The number of benzene rings is 2. The van der Waals surface area contributed by atoms with Crippen LogP contribution >= 0.6 is 0 Å². The number of nitrogens with one attached hydrogen (secondary N) is 1. The molecule has 140 valence electrons. The fourth-order valence-corrected chi connectivity index (χ4v) is 3.14. The highest BCUT2D eigenvalue weighted by Crippen LogP contribution is 2.19. The molecule has 0 spiro atoms. The summed E-state index contributed by atoms with van der Waals surface area (Å²) in [5, 5.41) is 18.6. The predicted molar refractivity (Wildman–Crippen MR) is 104 cm³/mol. The zero-order chi connectivity index (χ0) is 19.5. The first kappa shape index (κ1) is 17.6. The molecule has 2 heterocycles. The zero-order valence-electron chi connectivity index (χ0n) is 15.6. The fraction of sp³-hybridized carbons (Fsp3) is 0.150. The molecule has 8 heteroatoms. The summed E-state index contributed by atoms with van der Waals surface area (Å²) in [4.78, 5) is 12.9. The summed E-state index contributed by atoms with van der Waals surface area (Å²) in [5.41, 5.74) is 4.67. The highest BCUT2D eigenvalue weighted by Gasteiger charge is 2.19. The molecule has 8 nitrogen and oxygen atoms in total. The molecule has 4 rings (SSSR count). The SMILES string of the molecule is Cc1nn(Cc2ccccc2)c(C)c1C(=O)Nc1cccc(-n2cnnn2)c1. The van der Waals surface area contributed by atoms with Crippen LogP contribution in [0.15, 0.2) is 60.9 Å². The summed E-state index contributed by atoms with van der Waals surface area (Å²) in [7, 11) is 0. The Morgan fingerprint density at radius 3 is 2.64 bits per heavy atom. The number of aryl methyl sites for hydroxylation is 1. The summed E-state index contributed by atoms with van der Waals surface area (Å²) < 4.78 is 3.39. The first-order valence-corrected chi connectivity index (χ1v) is 8.84. The second-order valence-corrected chi connectivity index (χ2v) is 6.45. The van der Waals surface area contributed by atoms with E-state index in [1.54, 1.807) is 0 Å². The zero-order valence-corrected chi connectivity index (χ0v) is 15.6. The third-order valence-corrected chi connectivity index (χ3v) is 4.50. The molecule has 0 radical (unpaired) electrons. The Hall–Kier alpha value is -3.81. The van der Waals surface area contributed by atoms with Gasteiger partial charge in [0.15, 0.2) is 0 Å². The Bertz CT molecular complexity index is 1100. The molecule has 2 aromatic heterocycles. The first-order valence-electron chi connectivity index (χ1n) is 8.84. The largest absolute Gasteiger partial charge is 0.322 e. The highest BCUT2D eigenvalue weighted by molar-refractivity contribution is 6.06. The maximum absolute atomic E-state index is 12.9. The second-order valence-electron chi connectivity index (χ2n) is 6.45. The van der Waals surface area contributed by atoms with Crippen LogP contribution in [0.5, 0.6) is 0 Å². The lowest BCUT2D eigenvalue weighted by molar-refractivity contribution is 0.102. The smallest absolute Gasteiger partial charge is 0.259 e. The van der Waals surface area contributed by atoms with Crippen LogP contribution in [-0.4, -0.2) is 35.9 Å². The number of amides is 1. The lowest BCUT2D eigenvalue weighted by Crippen LogP contribution is -2.14. The van der Waals surface area contributed by atoms with Gasteiger partial charge in [-0.15, -0.1) is 5.10 Å². The van der Waals surface area contributed by atoms with Crippen molar-refractivity contribution in [2.75, 3.05) is 5.32 Å². The molecule has 0 unspecified atom stereocenters. The predicted octanol–water partition coefficient (Wildman–Crippen LogP) is 2.78. The van der Waals surface area contributed by atoms with Crippen LogP contribution < -0.4 is 5.32 Å². The average molecular weight is 373 g/mol. The van der Waals surface area contributed by atoms with E-state index < -0.39 is 0 Å². The van der Waals surface area contributed by atoms with Crippen LogP contribution in [0.4, 0.5) is 5.69 Å². The van der Waals surface area contributed by atoms with Gasteiger partial charge in [0.05, 0.1) is 23.5 Å². The quantitative estimate of drug-likeness (QED) is 0.581. The molecule has 4 aromatic rings. The van der Waals surface area contributed by atoms with E-state index in [-0.39, 0.29) is 5.91 Å². The van der Waals surface area contributed by atoms with E-state index in [4.69, 9.17) is 0 Å². The van der Waals surface area contributed by atoms with Crippen molar-refractivity contribution in [3.8, 4) is 5.69 Å². The Morgan fingerprint density at radius 1 is 1.07 bits per heavy atom. The van der Waals surface area contributed by atoms with Crippen molar-refractivity contribution in [2.24, 2.45) is 0 Å². The van der Waals surface area contributed by atoms with Gasteiger partial charge in [0.25, 0.3) is 5.91 Å². The van der Waals surface area contributed by atoms with E-state index in [2.05, 4.69) is 25.9 Å². The summed E-state index contributed by atoms with van der Waals surface area (Å²) in [6, 6.07) is 17.4. The normalized spacial score (nSPS) is 10.8. The van der Waals surface area contributed by atoms with E-state index in [1.807, 2.05) is 73.1 Å². The molecule has 0 fully saturated rings. The van der Waals surface area contributed by atoms with E-state index in [9.17, 15) is 4.79 Å². The second kappa shape index (κ2) is 7.43.